The van der Waals surface area contributed by atoms with Crippen molar-refractivity contribution < 1.29 is 5.11 Å². The molecule has 0 radical (unpaired) electrons. The minimum atomic E-state index is 0.229. The highest BCUT2D eigenvalue weighted by Gasteiger charge is 2.03. The van der Waals surface area contributed by atoms with Crippen LogP contribution >= 0.6 is 0 Å². The van der Waals surface area contributed by atoms with Gasteiger partial charge in [-0.1, -0.05) is 12.2 Å². The van der Waals surface area contributed by atoms with Crippen molar-refractivity contribution in [2.24, 2.45) is 0 Å². The van der Waals surface area contributed by atoms with E-state index in [1.165, 1.54) is 0 Å². The van der Waals surface area contributed by atoms with E-state index in [1.54, 1.807) is 18.3 Å². The number of allylic oxidation sites excluding steroid dienone is 3. The number of phenols is 1. The zero-order valence-electron chi connectivity index (χ0n) is 10.5. The smallest absolute Gasteiger partial charge is 0.117 e. The van der Waals surface area contributed by atoms with Crippen LogP contribution in [0.1, 0.15) is 13.8 Å². The molecule has 0 aliphatic rings. The molecule has 3 heteroatoms. The highest BCUT2D eigenvalue weighted by atomic mass is 16.3. The molecule has 0 fully saturated rings. The molecule has 0 atom stereocenters. The third-order valence-corrected chi connectivity index (χ3v) is 2.66. The van der Waals surface area contributed by atoms with Gasteiger partial charge < -0.3 is 10.4 Å². The lowest BCUT2D eigenvalue weighted by Crippen LogP contribution is -1.97. The maximum atomic E-state index is 9.45. The average molecular weight is 240 g/mol. The number of fused-ring (bicyclic) bond motifs is 1. The first kappa shape index (κ1) is 12.2. The Bertz CT molecular complexity index is 615. The molecule has 3 nitrogen and oxygen atoms in total. The van der Waals surface area contributed by atoms with E-state index in [0.29, 0.717) is 0 Å². The molecule has 92 valence electrons. The van der Waals surface area contributed by atoms with Gasteiger partial charge in [-0.25, -0.2) is 0 Å². The Hall–Kier alpha value is -2.29. The maximum Gasteiger partial charge on any atom is 0.117 e. The lowest BCUT2D eigenvalue weighted by molar-refractivity contribution is 0.476. The molecule has 1 aromatic carbocycles. The van der Waals surface area contributed by atoms with Crippen molar-refractivity contribution in [3.8, 4) is 5.75 Å². The van der Waals surface area contributed by atoms with Crippen molar-refractivity contribution in [3.63, 3.8) is 0 Å². The Balaban J connectivity index is 2.45. The van der Waals surface area contributed by atoms with Crippen LogP contribution in [-0.4, -0.2) is 10.1 Å². The molecule has 0 aliphatic heterocycles. The fourth-order valence-electron chi connectivity index (χ4n) is 1.79. The van der Waals surface area contributed by atoms with Gasteiger partial charge in [0.05, 0.1) is 5.52 Å². The lowest BCUT2D eigenvalue weighted by Gasteiger charge is -2.10. The number of aromatic nitrogens is 1. The summed E-state index contributed by atoms with van der Waals surface area (Å²) in [6.07, 6.45) is 7.73. The molecule has 0 saturated heterocycles. The van der Waals surface area contributed by atoms with Crippen LogP contribution < -0.4 is 5.32 Å². The summed E-state index contributed by atoms with van der Waals surface area (Å²) < 4.78 is 0. The molecule has 1 aromatic heterocycles. The predicted molar refractivity (Wildman–Crippen MR) is 75.6 cm³/mol. The van der Waals surface area contributed by atoms with Crippen molar-refractivity contribution in [3.05, 3.63) is 54.4 Å². The van der Waals surface area contributed by atoms with Crippen molar-refractivity contribution in [2.75, 3.05) is 5.32 Å². The number of phenolic OH excluding ortho intramolecular Hbond substituents is 1. The van der Waals surface area contributed by atoms with Crippen LogP contribution in [-0.2, 0) is 0 Å². The predicted octanol–water partition coefficient (Wildman–Crippen LogP) is 3.83. The highest BCUT2D eigenvalue weighted by Crippen LogP contribution is 2.25. The van der Waals surface area contributed by atoms with Crippen LogP contribution in [0.15, 0.2) is 54.4 Å². The lowest BCUT2D eigenvalue weighted by atomic mass is 10.1. The van der Waals surface area contributed by atoms with Crippen molar-refractivity contribution in [2.45, 2.75) is 13.8 Å². The third kappa shape index (κ3) is 2.51. The summed E-state index contributed by atoms with van der Waals surface area (Å²) in [4.78, 5) is 4.24. The average Bonchev–Trinajstić information content (AvgIpc) is 2.38. The molecule has 2 aromatic rings. The number of aromatic hydroxyl groups is 1. The van der Waals surface area contributed by atoms with Gasteiger partial charge in [0.15, 0.2) is 0 Å². The molecule has 0 aliphatic carbocycles. The molecule has 0 bridgehead atoms. The van der Waals surface area contributed by atoms with E-state index in [2.05, 4.69) is 10.3 Å². The largest absolute Gasteiger partial charge is 0.508 e. The normalized spacial score (nSPS) is 12.2. The fraction of sp³-hybridized carbons (Fsp3) is 0.133. The van der Waals surface area contributed by atoms with Crippen LogP contribution in [0.3, 0.4) is 0 Å². The zero-order valence-corrected chi connectivity index (χ0v) is 10.5. The summed E-state index contributed by atoms with van der Waals surface area (Å²) >= 11 is 0. The molecular weight excluding hydrogens is 224 g/mol. The van der Waals surface area contributed by atoms with Gasteiger partial charge in [0.1, 0.15) is 5.75 Å². The number of benzene rings is 1. The maximum absolute atomic E-state index is 9.45. The minimum absolute atomic E-state index is 0.229. The van der Waals surface area contributed by atoms with Gasteiger partial charge in [0.25, 0.3) is 0 Å². The Kier molecular flexibility index (Phi) is 3.63. The van der Waals surface area contributed by atoms with E-state index >= 15 is 0 Å². The Morgan fingerprint density at radius 2 is 2.11 bits per heavy atom. The number of nitrogens with zero attached hydrogens (tertiary/aromatic N) is 1. The van der Waals surface area contributed by atoms with Crippen molar-refractivity contribution in [1.29, 1.82) is 0 Å². The topological polar surface area (TPSA) is 45.2 Å². The van der Waals surface area contributed by atoms with Crippen LogP contribution in [0.25, 0.3) is 10.9 Å². The second-order valence-corrected chi connectivity index (χ2v) is 3.93. The van der Waals surface area contributed by atoms with Crippen LogP contribution in [0.2, 0.25) is 0 Å². The quantitative estimate of drug-likeness (QED) is 0.801. The number of anilines is 1. The molecule has 0 unspecified atom stereocenters. The first-order chi connectivity index (χ1) is 8.74. The summed E-state index contributed by atoms with van der Waals surface area (Å²) in [6, 6.07) is 7.11. The highest BCUT2D eigenvalue weighted by molar-refractivity contribution is 5.92. The van der Waals surface area contributed by atoms with E-state index in [-0.39, 0.29) is 5.75 Å². The number of nitrogens with one attached hydrogen (secondary N) is 1. The first-order valence-electron chi connectivity index (χ1n) is 5.88. The van der Waals surface area contributed by atoms with E-state index in [9.17, 15) is 5.11 Å². The standard InChI is InChI=1S/C15H16N2O/c1-3-5-11(4-2)17-14-8-9-16-15-10-12(18)6-7-13(14)15/h3-10,18H,1-2H3,(H,16,17)/b5-3-,11-4+. The van der Waals surface area contributed by atoms with Crippen molar-refractivity contribution in [1.82, 2.24) is 4.98 Å². The molecule has 0 spiro atoms. The van der Waals surface area contributed by atoms with Crippen LogP contribution in [0.5, 0.6) is 5.75 Å². The number of hydrogen-bond acceptors (Lipinski definition) is 3. The zero-order chi connectivity index (χ0) is 13.0. The molecule has 2 rings (SSSR count). The van der Waals surface area contributed by atoms with Crippen LogP contribution in [0.4, 0.5) is 5.69 Å². The summed E-state index contributed by atoms with van der Waals surface area (Å²) in [7, 11) is 0. The summed E-state index contributed by atoms with van der Waals surface area (Å²) in [5.74, 6) is 0.229. The third-order valence-electron chi connectivity index (χ3n) is 2.66. The van der Waals surface area contributed by atoms with E-state index < -0.39 is 0 Å². The van der Waals surface area contributed by atoms with Crippen molar-refractivity contribution >= 4 is 16.6 Å². The second-order valence-electron chi connectivity index (χ2n) is 3.93. The van der Waals surface area contributed by atoms with Gasteiger partial charge in [0, 0.05) is 29.0 Å². The molecular formula is C15H16N2O. The summed E-state index contributed by atoms with van der Waals surface area (Å²) in [6.45, 7) is 3.96. The second kappa shape index (κ2) is 5.36. The summed E-state index contributed by atoms with van der Waals surface area (Å²) in [5, 5.41) is 13.8. The van der Waals surface area contributed by atoms with E-state index in [1.807, 2.05) is 44.2 Å². The van der Waals surface area contributed by atoms with Gasteiger partial charge in [-0.3, -0.25) is 4.98 Å². The van der Waals surface area contributed by atoms with Gasteiger partial charge in [0.2, 0.25) is 0 Å². The monoisotopic (exact) mass is 240 g/mol. The Labute approximate surface area is 106 Å². The molecule has 2 N–H and O–H groups in total. The summed E-state index contributed by atoms with van der Waals surface area (Å²) in [5.41, 5.74) is 2.78. The van der Waals surface area contributed by atoms with Gasteiger partial charge in [-0.05, 0) is 38.1 Å². The molecule has 1 heterocycles. The van der Waals surface area contributed by atoms with Crippen LogP contribution in [0, 0.1) is 0 Å². The van der Waals surface area contributed by atoms with E-state index in [4.69, 9.17) is 0 Å². The minimum Gasteiger partial charge on any atom is -0.508 e. The Morgan fingerprint density at radius 1 is 1.28 bits per heavy atom. The van der Waals surface area contributed by atoms with E-state index in [0.717, 1.165) is 22.3 Å². The fourth-order valence-corrected chi connectivity index (χ4v) is 1.79. The number of hydrogen-bond donors (Lipinski definition) is 2. The number of rotatable bonds is 3. The molecule has 0 amide bonds. The molecule has 18 heavy (non-hydrogen) atoms. The van der Waals surface area contributed by atoms with Gasteiger partial charge in [-0.15, -0.1) is 0 Å². The molecule has 0 saturated carbocycles. The SMILES string of the molecule is C/C=C\C(=C/C)Nc1ccnc2cc(O)ccc12. The number of pyridine rings is 1. The van der Waals surface area contributed by atoms with Gasteiger partial charge in [-0.2, -0.15) is 0 Å². The first-order valence-corrected chi connectivity index (χ1v) is 5.88. The Morgan fingerprint density at radius 3 is 2.83 bits per heavy atom. The van der Waals surface area contributed by atoms with Gasteiger partial charge >= 0.3 is 0 Å².